The van der Waals surface area contributed by atoms with Gasteiger partial charge < -0.3 is 16.2 Å². The predicted octanol–water partition coefficient (Wildman–Crippen LogP) is 2.53. The number of carbonyl (C=O) groups excluding carboxylic acids is 2. The molecule has 0 saturated carbocycles. The maximum atomic E-state index is 12.0. The highest BCUT2D eigenvalue weighted by Gasteiger charge is 2.16. The van der Waals surface area contributed by atoms with E-state index in [1.165, 1.54) is 12.1 Å². The van der Waals surface area contributed by atoms with E-state index in [4.69, 9.17) is 21.3 Å². The van der Waals surface area contributed by atoms with Crippen molar-refractivity contribution >= 4 is 27.6 Å². The van der Waals surface area contributed by atoms with Gasteiger partial charge in [-0.1, -0.05) is 24.3 Å². The number of carbonyl (C=O) groups is 2. The molecule has 0 spiro atoms. The number of benzene rings is 3. The molecule has 3 aromatic carbocycles. The van der Waals surface area contributed by atoms with Gasteiger partial charge in [-0.15, -0.1) is 0 Å². The molecule has 6 N–H and O–H groups in total. The molecule has 31 heavy (non-hydrogen) atoms. The molecule has 0 saturated heterocycles. The smallest absolute Gasteiger partial charge is 0.338 e. The summed E-state index contributed by atoms with van der Waals surface area (Å²) in [5, 5.41) is 5.15. The molecule has 9 heteroatoms. The molecular weight excluding hydrogens is 418 g/mol. The average molecular weight is 439 g/mol. The fourth-order valence-corrected chi connectivity index (χ4v) is 3.62. The Kier molecular flexibility index (Phi) is 6.09. The lowest BCUT2D eigenvalue weighted by Crippen LogP contribution is -2.14. The van der Waals surface area contributed by atoms with Crippen LogP contribution in [0.1, 0.15) is 27.6 Å². The molecule has 1 amide bonds. The second kappa shape index (κ2) is 8.58. The number of esters is 1. The summed E-state index contributed by atoms with van der Waals surface area (Å²) in [4.78, 5) is 23.8. The molecule has 0 aliphatic rings. The van der Waals surface area contributed by atoms with Gasteiger partial charge in [-0.05, 0) is 60.0 Å². The fraction of sp³-hybridized carbons (Fsp3) is 0.0909. The van der Waals surface area contributed by atoms with Gasteiger partial charge in [0.1, 0.15) is 0 Å². The van der Waals surface area contributed by atoms with E-state index >= 15 is 0 Å². The molecular formula is C22H21N3O5S. The first-order valence-electron chi connectivity index (χ1n) is 9.26. The summed E-state index contributed by atoms with van der Waals surface area (Å²) < 4.78 is 28.0. The second-order valence-corrected chi connectivity index (χ2v) is 8.28. The molecule has 0 aromatic heterocycles. The van der Waals surface area contributed by atoms with Crippen molar-refractivity contribution in [3.63, 3.8) is 0 Å². The van der Waals surface area contributed by atoms with Crippen molar-refractivity contribution < 1.29 is 22.7 Å². The van der Waals surface area contributed by atoms with Gasteiger partial charge in [-0.3, -0.25) is 4.79 Å². The van der Waals surface area contributed by atoms with E-state index in [1.807, 2.05) is 0 Å². The lowest BCUT2D eigenvalue weighted by atomic mass is 9.93. The van der Waals surface area contributed by atoms with E-state index in [0.717, 1.165) is 5.56 Å². The van der Waals surface area contributed by atoms with Crippen LogP contribution in [0.4, 0.5) is 5.69 Å². The Hall–Kier alpha value is -3.69. The normalized spacial score (nSPS) is 11.2. The Balaban J connectivity index is 2.10. The number of nitrogen functional groups attached to an aromatic ring is 1. The Morgan fingerprint density at radius 3 is 2.00 bits per heavy atom. The number of sulfonamides is 1. The van der Waals surface area contributed by atoms with Gasteiger partial charge in [-0.25, -0.2) is 18.4 Å². The number of primary amides is 1. The molecule has 0 bridgehead atoms. The molecule has 3 rings (SSSR count). The first-order valence-corrected chi connectivity index (χ1v) is 10.8. The van der Waals surface area contributed by atoms with Crippen LogP contribution in [-0.4, -0.2) is 26.9 Å². The van der Waals surface area contributed by atoms with Crippen LogP contribution in [0.3, 0.4) is 0 Å². The number of amides is 1. The van der Waals surface area contributed by atoms with E-state index in [-0.39, 0.29) is 22.8 Å². The highest BCUT2D eigenvalue weighted by Crippen LogP contribution is 2.34. The summed E-state index contributed by atoms with van der Waals surface area (Å²) in [7, 11) is -3.84. The van der Waals surface area contributed by atoms with Gasteiger partial charge >= 0.3 is 5.97 Å². The first kappa shape index (κ1) is 22.0. The van der Waals surface area contributed by atoms with Crippen LogP contribution in [0.15, 0.2) is 65.6 Å². The van der Waals surface area contributed by atoms with E-state index in [9.17, 15) is 18.0 Å². The molecule has 0 unspecified atom stereocenters. The Bertz CT molecular complexity index is 1250. The van der Waals surface area contributed by atoms with Gasteiger partial charge in [0.05, 0.1) is 28.3 Å². The quantitative estimate of drug-likeness (QED) is 0.396. The number of primary sulfonamides is 1. The monoisotopic (exact) mass is 439 g/mol. The minimum Gasteiger partial charge on any atom is -0.462 e. The van der Waals surface area contributed by atoms with Crippen molar-refractivity contribution in [1.29, 1.82) is 0 Å². The largest absolute Gasteiger partial charge is 0.462 e. The predicted molar refractivity (Wildman–Crippen MR) is 118 cm³/mol. The summed E-state index contributed by atoms with van der Waals surface area (Å²) in [6.45, 7) is 2.00. The number of rotatable bonds is 6. The Morgan fingerprint density at radius 1 is 0.903 bits per heavy atom. The van der Waals surface area contributed by atoms with E-state index in [1.54, 1.807) is 55.5 Å². The molecule has 0 heterocycles. The fourth-order valence-electron chi connectivity index (χ4n) is 3.10. The van der Waals surface area contributed by atoms with Gasteiger partial charge in [0.25, 0.3) is 5.91 Å². The highest BCUT2D eigenvalue weighted by atomic mass is 32.2. The Labute approximate surface area is 179 Å². The van der Waals surface area contributed by atoms with E-state index in [0.29, 0.717) is 22.3 Å². The van der Waals surface area contributed by atoms with Crippen LogP contribution in [0.2, 0.25) is 0 Å². The van der Waals surface area contributed by atoms with Crippen molar-refractivity contribution in [2.24, 2.45) is 10.9 Å². The summed E-state index contributed by atoms with van der Waals surface area (Å²) in [6, 6.07) is 15.8. The maximum absolute atomic E-state index is 12.0. The van der Waals surface area contributed by atoms with Gasteiger partial charge in [0.2, 0.25) is 10.0 Å². The van der Waals surface area contributed by atoms with Crippen LogP contribution < -0.4 is 16.6 Å². The number of anilines is 1. The molecule has 0 fully saturated rings. The number of nitrogens with two attached hydrogens (primary N) is 3. The summed E-state index contributed by atoms with van der Waals surface area (Å²) >= 11 is 0. The van der Waals surface area contributed by atoms with Gasteiger partial charge in [-0.2, -0.15) is 0 Å². The SMILES string of the molecule is CCOC(=O)c1ccc(-c2cc(C(N)=O)c(N)c(-c3ccc(S(N)(=O)=O)cc3)c2)cc1. The average Bonchev–Trinajstić information content (AvgIpc) is 2.73. The lowest BCUT2D eigenvalue weighted by Gasteiger charge is -2.14. The maximum Gasteiger partial charge on any atom is 0.338 e. The summed E-state index contributed by atoms with van der Waals surface area (Å²) in [6.07, 6.45) is 0. The zero-order chi connectivity index (χ0) is 22.8. The van der Waals surface area contributed by atoms with Crippen LogP contribution >= 0.6 is 0 Å². The lowest BCUT2D eigenvalue weighted by molar-refractivity contribution is 0.0526. The van der Waals surface area contributed by atoms with Crippen molar-refractivity contribution in [3.8, 4) is 22.3 Å². The summed E-state index contributed by atoms with van der Waals surface area (Å²) in [5.41, 5.74) is 14.8. The third-order valence-electron chi connectivity index (χ3n) is 4.67. The van der Waals surface area contributed by atoms with Gasteiger partial charge in [0, 0.05) is 5.56 Å². The number of hydrogen-bond acceptors (Lipinski definition) is 6. The highest BCUT2D eigenvalue weighted by molar-refractivity contribution is 7.89. The second-order valence-electron chi connectivity index (χ2n) is 6.72. The molecule has 0 radical (unpaired) electrons. The van der Waals surface area contributed by atoms with E-state index in [2.05, 4.69) is 0 Å². The van der Waals surface area contributed by atoms with Crippen molar-refractivity contribution in [2.75, 3.05) is 12.3 Å². The van der Waals surface area contributed by atoms with Crippen LogP contribution in [0.5, 0.6) is 0 Å². The zero-order valence-corrected chi connectivity index (χ0v) is 17.5. The Morgan fingerprint density at radius 2 is 1.48 bits per heavy atom. The molecule has 160 valence electrons. The van der Waals surface area contributed by atoms with E-state index < -0.39 is 21.9 Å². The zero-order valence-electron chi connectivity index (χ0n) is 16.7. The third-order valence-corrected chi connectivity index (χ3v) is 5.60. The summed E-state index contributed by atoms with van der Waals surface area (Å²) in [5.74, 6) is -1.13. The van der Waals surface area contributed by atoms with Crippen molar-refractivity contribution in [2.45, 2.75) is 11.8 Å². The van der Waals surface area contributed by atoms with Crippen LogP contribution in [0, 0.1) is 0 Å². The molecule has 0 atom stereocenters. The topological polar surface area (TPSA) is 156 Å². The minimum absolute atomic E-state index is 0.0457. The van der Waals surface area contributed by atoms with Crippen LogP contribution in [-0.2, 0) is 14.8 Å². The van der Waals surface area contributed by atoms with Crippen LogP contribution in [0.25, 0.3) is 22.3 Å². The number of ether oxygens (including phenoxy) is 1. The minimum atomic E-state index is -3.84. The molecule has 0 aliphatic heterocycles. The molecule has 8 nitrogen and oxygen atoms in total. The van der Waals surface area contributed by atoms with Crippen molar-refractivity contribution in [1.82, 2.24) is 0 Å². The van der Waals surface area contributed by atoms with Crippen molar-refractivity contribution in [3.05, 3.63) is 71.8 Å². The standard InChI is InChI=1S/C22H21N3O5S/c1-2-30-22(27)15-5-3-13(4-6-15)16-11-18(20(23)19(12-16)21(24)26)14-7-9-17(10-8-14)31(25,28)29/h3-12H,2,23H2,1H3,(H2,24,26)(H2,25,28,29). The molecule has 0 aliphatic carbocycles. The number of hydrogen-bond donors (Lipinski definition) is 3. The third kappa shape index (κ3) is 4.73. The molecule has 3 aromatic rings. The van der Waals surface area contributed by atoms with Gasteiger partial charge in [0.15, 0.2) is 0 Å². The first-order chi connectivity index (χ1) is 14.6.